The minimum absolute atomic E-state index is 0. The molecule has 2 amide bonds. The van der Waals surface area contributed by atoms with E-state index >= 15 is 0 Å². The summed E-state index contributed by atoms with van der Waals surface area (Å²) in [6.45, 7) is 4.00. The number of likely N-dealkylation sites (tertiary alicyclic amines) is 2. The molecule has 1 aromatic rings. The van der Waals surface area contributed by atoms with Gasteiger partial charge in [0.15, 0.2) is 0 Å². The Kier molecular flexibility index (Phi) is 11.6. The highest BCUT2D eigenvalue weighted by molar-refractivity contribution is 5.86. The van der Waals surface area contributed by atoms with Crippen LogP contribution in [0, 0.1) is 5.92 Å². The molecule has 2 saturated heterocycles. The van der Waals surface area contributed by atoms with Crippen LogP contribution in [0.25, 0.3) is 0 Å². The maximum atomic E-state index is 13.3. The van der Waals surface area contributed by atoms with Crippen molar-refractivity contribution in [3.63, 3.8) is 0 Å². The summed E-state index contributed by atoms with van der Waals surface area (Å²) in [5.74, 6) is 0.116. The van der Waals surface area contributed by atoms with Crippen LogP contribution in [0.3, 0.4) is 0 Å². The molecular formula is C21H34Cl2N4O2. The summed E-state index contributed by atoms with van der Waals surface area (Å²) in [4.78, 5) is 29.8. The van der Waals surface area contributed by atoms with E-state index in [0.29, 0.717) is 19.6 Å². The van der Waals surface area contributed by atoms with Crippen molar-refractivity contribution in [3.05, 3.63) is 35.9 Å². The van der Waals surface area contributed by atoms with Gasteiger partial charge in [0.05, 0.1) is 12.0 Å². The normalized spacial score (nSPS) is 22.2. The summed E-state index contributed by atoms with van der Waals surface area (Å²) in [5, 5.41) is 2.87. The highest BCUT2D eigenvalue weighted by atomic mass is 35.5. The minimum Gasteiger partial charge on any atom is -0.355 e. The molecule has 0 aromatic heterocycles. The maximum Gasteiger partial charge on any atom is 0.239 e. The standard InChI is InChI=1S/C21H32N4O2.2ClH/c22-11-12-23-20(26)18-9-6-14-25(16-18)21(27)19-10-4-5-13-24(19)15-17-7-2-1-3-8-17;;/h1-3,7-8,18-19H,4-6,9-16,22H2,(H,23,26);2*1H. The molecule has 2 aliphatic heterocycles. The number of piperidine rings is 2. The highest BCUT2D eigenvalue weighted by Gasteiger charge is 2.35. The number of halogens is 2. The third-order valence-corrected chi connectivity index (χ3v) is 5.67. The Labute approximate surface area is 186 Å². The molecule has 0 spiro atoms. The van der Waals surface area contributed by atoms with Gasteiger partial charge in [0, 0.05) is 32.7 Å². The lowest BCUT2D eigenvalue weighted by atomic mass is 9.94. The van der Waals surface area contributed by atoms with Crippen molar-refractivity contribution in [3.8, 4) is 0 Å². The van der Waals surface area contributed by atoms with E-state index in [1.807, 2.05) is 23.1 Å². The van der Waals surface area contributed by atoms with Gasteiger partial charge in [-0.1, -0.05) is 36.8 Å². The van der Waals surface area contributed by atoms with Crippen LogP contribution in [0.15, 0.2) is 30.3 Å². The zero-order chi connectivity index (χ0) is 19.1. The Balaban J connectivity index is 0.00000210. The minimum atomic E-state index is -0.111. The molecule has 2 unspecified atom stereocenters. The monoisotopic (exact) mass is 444 g/mol. The smallest absolute Gasteiger partial charge is 0.239 e. The molecule has 164 valence electrons. The lowest BCUT2D eigenvalue weighted by molar-refractivity contribution is -0.142. The third kappa shape index (κ3) is 7.14. The highest BCUT2D eigenvalue weighted by Crippen LogP contribution is 2.24. The summed E-state index contributed by atoms with van der Waals surface area (Å²) in [6.07, 6.45) is 4.87. The van der Waals surface area contributed by atoms with E-state index in [9.17, 15) is 9.59 Å². The Morgan fingerprint density at radius 1 is 1.03 bits per heavy atom. The molecule has 0 saturated carbocycles. The quantitative estimate of drug-likeness (QED) is 0.704. The number of hydrogen-bond acceptors (Lipinski definition) is 4. The van der Waals surface area contributed by atoms with E-state index in [1.54, 1.807) is 0 Å². The first-order valence-electron chi connectivity index (χ1n) is 10.2. The van der Waals surface area contributed by atoms with Crippen LogP contribution < -0.4 is 11.1 Å². The number of nitrogens with two attached hydrogens (primary N) is 1. The lowest BCUT2D eigenvalue weighted by Gasteiger charge is -2.40. The van der Waals surface area contributed by atoms with Crippen LogP contribution in [0.1, 0.15) is 37.7 Å². The Morgan fingerprint density at radius 2 is 1.79 bits per heavy atom. The number of nitrogens with zero attached hydrogens (tertiary/aromatic N) is 2. The van der Waals surface area contributed by atoms with Gasteiger partial charge in [-0.05, 0) is 37.8 Å². The van der Waals surface area contributed by atoms with Gasteiger partial charge in [0.25, 0.3) is 0 Å². The van der Waals surface area contributed by atoms with Crippen molar-refractivity contribution in [1.29, 1.82) is 0 Å². The van der Waals surface area contributed by atoms with Gasteiger partial charge in [0.2, 0.25) is 11.8 Å². The van der Waals surface area contributed by atoms with Crippen LogP contribution in [0.5, 0.6) is 0 Å². The molecular weight excluding hydrogens is 411 g/mol. The van der Waals surface area contributed by atoms with E-state index in [2.05, 4.69) is 22.3 Å². The van der Waals surface area contributed by atoms with Crippen LogP contribution in [0.4, 0.5) is 0 Å². The van der Waals surface area contributed by atoms with Crippen molar-refractivity contribution < 1.29 is 9.59 Å². The molecule has 29 heavy (non-hydrogen) atoms. The van der Waals surface area contributed by atoms with Gasteiger partial charge >= 0.3 is 0 Å². The van der Waals surface area contributed by atoms with E-state index < -0.39 is 0 Å². The van der Waals surface area contributed by atoms with Gasteiger partial charge in [0.1, 0.15) is 0 Å². The van der Waals surface area contributed by atoms with Crippen molar-refractivity contribution in [2.24, 2.45) is 11.7 Å². The van der Waals surface area contributed by atoms with Crippen molar-refractivity contribution >= 4 is 36.6 Å². The van der Waals surface area contributed by atoms with Crippen LogP contribution >= 0.6 is 24.8 Å². The van der Waals surface area contributed by atoms with Gasteiger partial charge in [-0.25, -0.2) is 0 Å². The Hall–Kier alpha value is -1.34. The summed E-state index contributed by atoms with van der Waals surface area (Å²) in [5.41, 5.74) is 6.72. The molecule has 0 bridgehead atoms. The zero-order valence-electron chi connectivity index (χ0n) is 16.9. The molecule has 6 nitrogen and oxygen atoms in total. The summed E-state index contributed by atoms with van der Waals surface area (Å²) in [6, 6.07) is 10.3. The van der Waals surface area contributed by atoms with Crippen LogP contribution in [0.2, 0.25) is 0 Å². The van der Waals surface area contributed by atoms with Crippen molar-refractivity contribution in [1.82, 2.24) is 15.1 Å². The number of hydrogen-bond donors (Lipinski definition) is 2. The molecule has 2 fully saturated rings. The summed E-state index contributed by atoms with van der Waals surface area (Å²) >= 11 is 0. The average Bonchev–Trinajstić information content (AvgIpc) is 2.73. The first-order chi connectivity index (χ1) is 13.2. The topological polar surface area (TPSA) is 78.7 Å². The predicted octanol–water partition coefficient (Wildman–Crippen LogP) is 2.20. The van der Waals surface area contributed by atoms with Crippen LogP contribution in [-0.4, -0.2) is 60.4 Å². The lowest BCUT2D eigenvalue weighted by Crippen LogP contribution is -2.54. The Morgan fingerprint density at radius 3 is 2.52 bits per heavy atom. The predicted molar refractivity (Wildman–Crippen MR) is 120 cm³/mol. The number of carbonyl (C=O) groups excluding carboxylic acids is 2. The summed E-state index contributed by atoms with van der Waals surface area (Å²) < 4.78 is 0. The van der Waals surface area contributed by atoms with Crippen molar-refractivity contribution in [2.75, 3.05) is 32.7 Å². The molecule has 8 heteroatoms. The van der Waals surface area contributed by atoms with Gasteiger partial charge < -0.3 is 16.0 Å². The molecule has 1 aromatic carbocycles. The second-order valence-corrected chi connectivity index (χ2v) is 7.67. The van der Waals surface area contributed by atoms with Gasteiger partial charge in [-0.2, -0.15) is 0 Å². The second kappa shape index (κ2) is 13.1. The fraction of sp³-hybridized carbons (Fsp3) is 0.619. The Bertz CT molecular complexity index is 632. The van der Waals surface area contributed by atoms with E-state index in [4.69, 9.17) is 5.73 Å². The molecule has 0 radical (unpaired) electrons. The largest absolute Gasteiger partial charge is 0.355 e. The second-order valence-electron chi connectivity index (χ2n) is 7.67. The first kappa shape index (κ1) is 25.7. The average molecular weight is 445 g/mol. The number of nitrogens with one attached hydrogen (secondary N) is 1. The van der Waals surface area contributed by atoms with E-state index in [1.165, 1.54) is 5.56 Å². The molecule has 2 atom stereocenters. The molecule has 2 aliphatic rings. The van der Waals surface area contributed by atoms with E-state index in [-0.39, 0.29) is 48.6 Å². The number of carbonyl (C=O) groups is 2. The SMILES string of the molecule is Cl.Cl.NCCNC(=O)C1CCCN(C(=O)C2CCCCN2Cc2ccccc2)C1. The number of amides is 2. The molecule has 2 heterocycles. The molecule has 3 N–H and O–H groups in total. The summed E-state index contributed by atoms with van der Waals surface area (Å²) in [7, 11) is 0. The fourth-order valence-electron chi connectivity index (χ4n) is 4.22. The van der Waals surface area contributed by atoms with E-state index in [0.717, 1.165) is 51.7 Å². The molecule has 0 aliphatic carbocycles. The fourth-order valence-corrected chi connectivity index (χ4v) is 4.22. The first-order valence-corrected chi connectivity index (χ1v) is 10.2. The maximum absolute atomic E-state index is 13.3. The third-order valence-electron chi connectivity index (χ3n) is 5.67. The van der Waals surface area contributed by atoms with Crippen molar-refractivity contribution in [2.45, 2.75) is 44.7 Å². The van der Waals surface area contributed by atoms with Crippen LogP contribution in [-0.2, 0) is 16.1 Å². The number of rotatable bonds is 6. The van der Waals surface area contributed by atoms with Gasteiger partial charge in [-0.15, -0.1) is 24.8 Å². The number of benzene rings is 1. The zero-order valence-corrected chi connectivity index (χ0v) is 18.6. The van der Waals surface area contributed by atoms with Gasteiger partial charge in [-0.3, -0.25) is 14.5 Å². The molecule has 3 rings (SSSR count).